The van der Waals surface area contributed by atoms with Gasteiger partial charge in [-0.25, -0.2) is 14.4 Å². The average Bonchev–Trinajstić information content (AvgIpc) is 3.04. The number of nitrogens with zero attached hydrogens (tertiary/aromatic N) is 1. The van der Waals surface area contributed by atoms with Crippen molar-refractivity contribution in [2.45, 2.75) is 32.8 Å². The van der Waals surface area contributed by atoms with Gasteiger partial charge in [0.1, 0.15) is 11.3 Å². The molecular weight excluding hydrogens is 352 g/mol. The van der Waals surface area contributed by atoms with E-state index in [1.165, 1.54) is 14.2 Å². The van der Waals surface area contributed by atoms with Gasteiger partial charge >= 0.3 is 18.0 Å². The maximum Gasteiger partial charge on any atom is 0.414 e. The van der Waals surface area contributed by atoms with Crippen molar-refractivity contribution in [3.05, 3.63) is 35.5 Å². The topological polar surface area (TPSA) is 94.2 Å². The molecule has 1 aliphatic heterocycles. The summed E-state index contributed by atoms with van der Waals surface area (Å²) in [5.74, 6) is -1.40. The lowest BCUT2D eigenvalue weighted by atomic mass is 10.1. The molecule has 1 aliphatic rings. The smallest absolute Gasteiger partial charge is 0.414 e. The number of anilines is 2. The Morgan fingerprint density at radius 3 is 2.44 bits per heavy atom. The monoisotopic (exact) mass is 376 g/mol. The van der Waals surface area contributed by atoms with E-state index < -0.39 is 23.6 Å². The fourth-order valence-corrected chi connectivity index (χ4v) is 2.64. The highest BCUT2D eigenvalue weighted by molar-refractivity contribution is 5.99. The number of rotatable bonds is 4. The van der Waals surface area contributed by atoms with E-state index in [1.54, 1.807) is 43.9 Å². The molecule has 0 radical (unpaired) electrons. The number of hydrogen-bond donors (Lipinski definition) is 1. The van der Waals surface area contributed by atoms with E-state index in [-0.39, 0.29) is 5.70 Å². The van der Waals surface area contributed by atoms with Crippen molar-refractivity contribution in [2.75, 3.05) is 31.0 Å². The first-order chi connectivity index (χ1) is 12.7. The molecule has 2 rings (SSSR count). The van der Waals surface area contributed by atoms with Crippen LogP contribution in [0, 0.1) is 0 Å². The quantitative estimate of drug-likeness (QED) is 0.490. The fraction of sp³-hybridized carbons (Fsp3) is 0.421. The zero-order valence-corrected chi connectivity index (χ0v) is 16.1. The van der Waals surface area contributed by atoms with Crippen LogP contribution in [0.5, 0.6) is 0 Å². The van der Waals surface area contributed by atoms with Crippen LogP contribution >= 0.6 is 0 Å². The van der Waals surface area contributed by atoms with E-state index in [0.717, 1.165) is 11.6 Å². The van der Waals surface area contributed by atoms with Gasteiger partial charge in [-0.3, -0.25) is 4.90 Å². The van der Waals surface area contributed by atoms with E-state index in [2.05, 4.69) is 10.1 Å². The Morgan fingerprint density at radius 1 is 1.15 bits per heavy atom. The Morgan fingerprint density at radius 2 is 1.85 bits per heavy atom. The van der Waals surface area contributed by atoms with Gasteiger partial charge in [0.25, 0.3) is 0 Å². The van der Waals surface area contributed by atoms with Crippen molar-refractivity contribution in [1.82, 2.24) is 0 Å². The SMILES string of the molecule is COC(=O)/C=C(/Nc1cccc2c1CCN2C(=O)OC(C)(C)C)C(=O)OC. The lowest BCUT2D eigenvalue weighted by Crippen LogP contribution is -2.35. The van der Waals surface area contributed by atoms with Gasteiger partial charge in [-0.1, -0.05) is 6.07 Å². The highest BCUT2D eigenvalue weighted by Gasteiger charge is 2.30. The second kappa shape index (κ2) is 8.11. The summed E-state index contributed by atoms with van der Waals surface area (Å²) in [7, 11) is 2.43. The predicted molar refractivity (Wildman–Crippen MR) is 99.5 cm³/mol. The van der Waals surface area contributed by atoms with Crippen molar-refractivity contribution >= 4 is 29.4 Å². The fourth-order valence-electron chi connectivity index (χ4n) is 2.64. The number of amides is 1. The molecule has 0 spiro atoms. The Bertz CT molecular complexity index is 779. The molecule has 0 bridgehead atoms. The van der Waals surface area contributed by atoms with Gasteiger partial charge < -0.3 is 19.5 Å². The highest BCUT2D eigenvalue weighted by Crippen LogP contribution is 2.35. The first kappa shape index (κ1) is 20.3. The van der Waals surface area contributed by atoms with E-state index >= 15 is 0 Å². The van der Waals surface area contributed by atoms with Gasteiger partial charge in [0, 0.05) is 17.8 Å². The van der Waals surface area contributed by atoms with Gasteiger partial charge in [-0.05, 0) is 39.3 Å². The van der Waals surface area contributed by atoms with E-state index in [1.807, 2.05) is 0 Å². The second-order valence-corrected chi connectivity index (χ2v) is 6.88. The Kier molecular flexibility index (Phi) is 6.09. The Labute approximate surface area is 158 Å². The number of carbonyl (C=O) groups excluding carboxylic acids is 3. The van der Waals surface area contributed by atoms with Gasteiger partial charge in [-0.2, -0.15) is 0 Å². The van der Waals surface area contributed by atoms with Crippen LogP contribution in [0.4, 0.5) is 16.2 Å². The lowest BCUT2D eigenvalue weighted by Gasteiger charge is -2.25. The first-order valence-corrected chi connectivity index (χ1v) is 8.43. The molecule has 8 heteroatoms. The summed E-state index contributed by atoms with van der Waals surface area (Å²) in [4.78, 5) is 37.5. The molecule has 0 atom stereocenters. The zero-order valence-electron chi connectivity index (χ0n) is 16.1. The highest BCUT2D eigenvalue weighted by atomic mass is 16.6. The van der Waals surface area contributed by atoms with Crippen LogP contribution in [0.3, 0.4) is 0 Å². The second-order valence-electron chi connectivity index (χ2n) is 6.88. The normalized spacial score (nSPS) is 13.7. The predicted octanol–water partition coefficient (Wildman–Crippen LogP) is 2.63. The van der Waals surface area contributed by atoms with E-state index in [0.29, 0.717) is 24.3 Å². The largest absolute Gasteiger partial charge is 0.466 e. The molecule has 1 aromatic carbocycles. The number of fused-ring (bicyclic) bond motifs is 1. The minimum absolute atomic E-state index is 0.0616. The number of nitrogens with one attached hydrogen (secondary N) is 1. The molecule has 8 nitrogen and oxygen atoms in total. The van der Waals surface area contributed by atoms with Crippen LogP contribution in [0.1, 0.15) is 26.3 Å². The summed E-state index contributed by atoms with van der Waals surface area (Å²) in [6.45, 7) is 5.87. The van der Waals surface area contributed by atoms with Crippen LogP contribution in [-0.4, -0.2) is 44.4 Å². The van der Waals surface area contributed by atoms with Gasteiger partial charge in [0.15, 0.2) is 0 Å². The van der Waals surface area contributed by atoms with Crippen LogP contribution < -0.4 is 10.2 Å². The lowest BCUT2D eigenvalue weighted by molar-refractivity contribution is -0.138. The number of esters is 2. The van der Waals surface area contributed by atoms with Crippen LogP contribution in [0.15, 0.2) is 30.0 Å². The van der Waals surface area contributed by atoms with Gasteiger partial charge in [0.2, 0.25) is 0 Å². The Balaban J connectivity index is 2.31. The number of benzene rings is 1. The number of hydrogen-bond acceptors (Lipinski definition) is 7. The molecule has 0 saturated carbocycles. The average molecular weight is 376 g/mol. The van der Waals surface area contributed by atoms with Crippen molar-refractivity contribution < 1.29 is 28.6 Å². The molecule has 0 unspecified atom stereocenters. The standard InChI is InChI=1S/C19H24N2O6/c1-19(2,3)27-18(24)21-10-9-12-13(7-6-8-15(12)21)20-14(17(23)26-5)11-16(22)25-4/h6-8,11,20H,9-10H2,1-5H3/b14-11+. The molecular formula is C19H24N2O6. The molecule has 1 N–H and O–H groups in total. The third-order valence-corrected chi connectivity index (χ3v) is 3.78. The molecule has 0 saturated heterocycles. The number of methoxy groups -OCH3 is 2. The summed E-state index contributed by atoms with van der Waals surface area (Å²) in [6, 6.07) is 5.31. The summed E-state index contributed by atoms with van der Waals surface area (Å²) in [5, 5.41) is 2.91. The summed E-state index contributed by atoms with van der Waals surface area (Å²) < 4.78 is 14.7. The van der Waals surface area contributed by atoms with Gasteiger partial charge in [0.05, 0.1) is 26.0 Å². The summed E-state index contributed by atoms with van der Waals surface area (Å²) >= 11 is 0. The minimum Gasteiger partial charge on any atom is -0.466 e. The number of ether oxygens (including phenoxy) is 3. The van der Waals surface area contributed by atoms with E-state index in [9.17, 15) is 14.4 Å². The van der Waals surface area contributed by atoms with Crippen molar-refractivity contribution in [3.8, 4) is 0 Å². The van der Waals surface area contributed by atoms with Crippen LogP contribution in [-0.2, 0) is 30.2 Å². The number of carbonyl (C=O) groups is 3. The molecule has 1 heterocycles. The van der Waals surface area contributed by atoms with E-state index in [4.69, 9.17) is 9.47 Å². The van der Waals surface area contributed by atoms with Gasteiger partial charge in [-0.15, -0.1) is 0 Å². The van der Waals surface area contributed by atoms with Crippen LogP contribution in [0.2, 0.25) is 0 Å². The summed E-state index contributed by atoms with van der Waals surface area (Å²) in [6.07, 6.45) is 1.16. The zero-order chi connectivity index (χ0) is 20.2. The Hall–Kier alpha value is -3.03. The molecule has 0 fully saturated rings. The van der Waals surface area contributed by atoms with Crippen molar-refractivity contribution in [3.63, 3.8) is 0 Å². The van der Waals surface area contributed by atoms with Crippen LogP contribution in [0.25, 0.3) is 0 Å². The third-order valence-electron chi connectivity index (χ3n) is 3.78. The maximum absolute atomic E-state index is 12.4. The summed E-state index contributed by atoms with van der Waals surface area (Å²) in [5.41, 5.74) is 1.46. The molecule has 1 amide bonds. The molecule has 1 aromatic rings. The molecule has 0 aliphatic carbocycles. The van der Waals surface area contributed by atoms with Crippen molar-refractivity contribution in [1.29, 1.82) is 0 Å². The third kappa shape index (κ3) is 4.99. The first-order valence-electron chi connectivity index (χ1n) is 8.43. The maximum atomic E-state index is 12.4. The molecule has 0 aromatic heterocycles. The van der Waals surface area contributed by atoms with Crippen molar-refractivity contribution in [2.24, 2.45) is 0 Å². The minimum atomic E-state index is -0.708. The molecule has 27 heavy (non-hydrogen) atoms. The molecule has 146 valence electrons.